The van der Waals surface area contributed by atoms with Crippen LogP contribution < -0.4 is 10.1 Å². The van der Waals surface area contributed by atoms with E-state index >= 15 is 0 Å². The van der Waals surface area contributed by atoms with Crippen LogP contribution in [0.3, 0.4) is 0 Å². The van der Waals surface area contributed by atoms with Crippen LogP contribution in [0.1, 0.15) is 28.7 Å². The number of carbonyl (C=O) groups excluding carboxylic acids is 1. The number of amides is 1. The first-order valence-corrected chi connectivity index (χ1v) is 8.07. The minimum Gasteiger partial charge on any atom is -0.484 e. The van der Waals surface area contributed by atoms with Gasteiger partial charge in [0.1, 0.15) is 5.75 Å². The molecule has 0 aliphatic carbocycles. The van der Waals surface area contributed by atoms with E-state index in [-0.39, 0.29) is 12.5 Å². The molecule has 0 saturated carbocycles. The summed E-state index contributed by atoms with van der Waals surface area (Å²) in [6.45, 7) is 6.91. The van der Waals surface area contributed by atoms with Gasteiger partial charge in [-0.25, -0.2) is 0 Å². The SMILES string of the molecule is Cc1ccc(CCCNC(=O)COc2ccc(C)c(C)c2)cc1. The monoisotopic (exact) mass is 311 g/mol. The molecule has 122 valence electrons. The van der Waals surface area contributed by atoms with Crippen LogP contribution in [0.2, 0.25) is 0 Å². The van der Waals surface area contributed by atoms with Crippen LogP contribution in [0.4, 0.5) is 0 Å². The molecule has 2 aromatic carbocycles. The second kappa shape index (κ2) is 8.37. The highest BCUT2D eigenvalue weighted by molar-refractivity contribution is 5.77. The Morgan fingerprint density at radius 1 is 1.00 bits per heavy atom. The molecule has 0 aromatic heterocycles. The van der Waals surface area contributed by atoms with Crippen molar-refractivity contribution < 1.29 is 9.53 Å². The second-order valence-electron chi connectivity index (χ2n) is 5.97. The zero-order chi connectivity index (χ0) is 16.7. The van der Waals surface area contributed by atoms with Crippen molar-refractivity contribution in [2.24, 2.45) is 0 Å². The molecule has 0 aliphatic rings. The molecule has 2 aromatic rings. The van der Waals surface area contributed by atoms with Gasteiger partial charge in [0.15, 0.2) is 6.61 Å². The van der Waals surface area contributed by atoms with Crippen molar-refractivity contribution in [3.8, 4) is 5.75 Å². The number of aryl methyl sites for hydroxylation is 4. The van der Waals surface area contributed by atoms with E-state index in [1.54, 1.807) is 0 Å². The molecular weight excluding hydrogens is 286 g/mol. The Morgan fingerprint density at radius 3 is 2.43 bits per heavy atom. The summed E-state index contributed by atoms with van der Waals surface area (Å²) in [6, 6.07) is 14.4. The van der Waals surface area contributed by atoms with Crippen LogP contribution in [0, 0.1) is 20.8 Å². The lowest BCUT2D eigenvalue weighted by Crippen LogP contribution is -2.29. The zero-order valence-corrected chi connectivity index (χ0v) is 14.2. The summed E-state index contributed by atoms with van der Waals surface area (Å²) in [5.41, 5.74) is 4.96. The lowest BCUT2D eigenvalue weighted by atomic mass is 10.1. The van der Waals surface area contributed by atoms with Crippen molar-refractivity contribution in [3.63, 3.8) is 0 Å². The number of rotatable bonds is 7. The summed E-state index contributed by atoms with van der Waals surface area (Å²) in [6.07, 6.45) is 1.90. The first kappa shape index (κ1) is 17.1. The van der Waals surface area contributed by atoms with E-state index in [0.29, 0.717) is 6.54 Å². The average Bonchev–Trinajstić information content (AvgIpc) is 2.54. The van der Waals surface area contributed by atoms with Gasteiger partial charge < -0.3 is 10.1 Å². The Morgan fingerprint density at radius 2 is 1.74 bits per heavy atom. The molecule has 0 unspecified atom stereocenters. The Balaban J connectivity index is 1.65. The minimum absolute atomic E-state index is 0.0625. The van der Waals surface area contributed by atoms with E-state index in [0.717, 1.165) is 18.6 Å². The third kappa shape index (κ3) is 5.78. The predicted octanol–water partition coefficient (Wildman–Crippen LogP) is 3.74. The molecule has 2 rings (SSSR count). The van der Waals surface area contributed by atoms with Crippen LogP contribution >= 0.6 is 0 Å². The number of benzene rings is 2. The third-order valence-electron chi connectivity index (χ3n) is 3.93. The predicted molar refractivity (Wildman–Crippen MR) is 93.9 cm³/mol. The smallest absolute Gasteiger partial charge is 0.257 e. The van der Waals surface area contributed by atoms with Gasteiger partial charge in [-0.2, -0.15) is 0 Å². The van der Waals surface area contributed by atoms with Crippen LogP contribution in [-0.2, 0) is 11.2 Å². The van der Waals surface area contributed by atoms with Gasteiger partial charge in [0.2, 0.25) is 0 Å². The molecule has 0 spiro atoms. The van der Waals surface area contributed by atoms with E-state index in [2.05, 4.69) is 43.4 Å². The van der Waals surface area contributed by atoms with Gasteiger partial charge in [-0.15, -0.1) is 0 Å². The Labute approximate surface area is 138 Å². The summed E-state index contributed by atoms with van der Waals surface area (Å²) in [5, 5.41) is 2.90. The molecule has 3 nitrogen and oxygen atoms in total. The van der Waals surface area contributed by atoms with Gasteiger partial charge in [-0.1, -0.05) is 35.9 Å². The van der Waals surface area contributed by atoms with Gasteiger partial charge in [-0.05, 0) is 62.4 Å². The topological polar surface area (TPSA) is 38.3 Å². The van der Waals surface area contributed by atoms with Crippen molar-refractivity contribution >= 4 is 5.91 Å². The number of hydrogen-bond donors (Lipinski definition) is 1. The molecule has 1 N–H and O–H groups in total. The third-order valence-corrected chi connectivity index (χ3v) is 3.93. The first-order chi connectivity index (χ1) is 11.0. The molecule has 0 fully saturated rings. The molecular formula is C20H25NO2. The number of carbonyl (C=O) groups is 1. The molecule has 0 bridgehead atoms. The van der Waals surface area contributed by atoms with Crippen molar-refractivity contribution in [1.82, 2.24) is 5.32 Å². The van der Waals surface area contributed by atoms with E-state index in [9.17, 15) is 4.79 Å². The largest absolute Gasteiger partial charge is 0.484 e. The van der Waals surface area contributed by atoms with Gasteiger partial charge in [0.25, 0.3) is 5.91 Å². The highest BCUT2D eigenvalue weighted by Crippen LogP contribution is 2.16. The second-order valence-corrected chi connectivity index (χ2v) is 5.97. The molecule has 0 saturated heterocycles. The van der Waals surface area contributed by atoms with Gasteiger partial charge in [0, 0.05) is 6.54 Å². The van der Waals surface area contributed by atoms with E-state index in [1.807, 2.05) is 25.1 Å². The van der Waals surface area contributed by atoms with Gasteiger partial charge in [-0.3, -0.25) is 4.79 Å². The van der Waals surface area contributed by atoms with Gasteiger partial charge in [0.05, 0.1) is 0 Å². The van der Waals surface area contributed by atoms with E-state index < -0.39 is 0 Å². The fourth-order valence-corrected chi connectivity index (χ4v) is 2.28. The van der Waals surface area contributed by atoms with E-state index in [1.165, 1.54) is 22.3 Å². The maximum absolute atomic E-state index is 11.8. The maximum Gasteiger partial charge on any atom is 0.257 e. The van der Waals surface area contributed by atoms with Crippen molar-refractivity contribution in [3.05, 3.63) is 64.7 Å². The molecule has 0 heterocycles. The standard InChI is InChI=1S/C20H25NO2/c1-15-6-9-18(10-7-15)5-4-12-21-20(22)14-23-19-11-8-16(2)17(3)13-19/h6-11,13H,4-5,12,14H2,1-3H3,(H,21,22). The number of nitrogens with one attached hydrogen (secondary N) is 1. The molecule has 0 radical (unpaired) electrons. The highest BCUT2D eigenvalue weighted by atomic mass is 16.5. The first-order valence-electron chi connectivity index (χ1n) is 8.07. The summed E-state index contributed by atoms with van der Waals surface area (Å²) in [7, 11) is 0. The molecule has 0 aliphatic heterocycles. The lowest BCUT2D eigenvalue weighted by Gasteiger charge is -2.09. The summed E-state index contributed by atoms with van der Waals surface area (Å²) in [4.78, 5) is 11.8. The lowest BCUT2D eigenvalue weighted by molar-refractivity contribution is -0.123. The average molecular weight is 311 g/mol. The molecule has 0 atom stereocenters. The summed E-state index contributed by atoms with van der Waals surface area (Å²) >= 11 is 0. The Bertz CT molecular complexity index is 647. The van der Waals surface area contributed by atoms with Crippen LogP contribution in [-0.4, -0.2) is 19.1 Å². The van der Waals surface area contributed by atoms with Crippen LogP contribution in [0.5, 0.6) is 5.75 Å². The summed E-state index contributed by atoms with van der Waals surface area (Å²) in [5.74, 6) is 0.662. The fraction of sp³-hybridized carbons (Fsp3) is 0.350. The minimum atomic E-state index is -0.0767. The van der Waals surface area contributed by atoms with Crippen LogP contribution in [0.25, 0.3) is 0 Å². The van der Waals surface area contributed by atoms with Crippen molar-refractivity contribution in [2.45, 2.75) is 33.6 Å². The van der Waals surface area contributed by atoms with Crippen molar-refractivity contribution in [2.75, 3.05) is 13.2 Å². The highest BCUT2D eigenvalue weighted by Gasteiger charge is 2.03. The maximum atomic E-state index is 11.8. The van der Waals surface area contributed by atoms with E-state index in [4.69, 9.17) is 4.74 Å². The Kier molecular flexibility index (Phi) is 6.21. The quantitative estimate of drug-likeness (QED) is 0.791. The fourth-order valence-electron chi connectivity index (χ4n) is 2.28. The molecule has 23 heavy (non-hydrogen) atoms. The van der Waals surface area contributed by atoms with Crippen LogP contribution in [0.15, 0.2) is 42.5 Å². The number of ether oxygens (including phenoxy) is 1. The zero-order valence-electron chi connectivity index (χ0n) is 14.2. The van der Waals surface area contributed by atoms with Gasteiger partial charge >= 0.3 is 0 Å². The van der Waals surface area contributed by atoms with Crippen molar-refractivity contribution in [1.29, 1.82) is 0 Å². The normalized spacial score (nSPS) is 10.4. The number of hydrogen-bond acceptors (Lipinski definition) is 2. The molecule has 3 heteroatoms. The Hall–Kier alpha value is -2.29. The molecule has 1 amide bonds. The summed E-state index contributed by atoms with van der Waals surface area (Å²) < 4.78 is 5.52.